The number of halogens is 6. The lowest BCUT2D eigenvalue weighted by Gasteiger charge is -2.19. The molecular weight excluding hydrogens is 587 g/mol. The molecule has 0 saturated heterocycles. The highest BCUT2D eigenvalue weighted by Crippen LogP contribution is 2.43. The molecule has 5 aromatic rings. The number of anilines is 1. The Morgan fingerprint density at radius 1 is 1.02 bits per heavy atom. The van der Waals surface area contributed by atoms with Gasteiger partial charge in [-0.15, -0.1) is 11.3 Å². The third-order valence-corrected chi connectivity index (χ3v) is 7.62. The molecule has 1 aliphatic rings. The number of hydrogen-bond donors (Lipinski definition) is 2. The maximum Gasteiger partial charge on any atom is 0.416 e. The largest absolute Gasteiger partial charge is 0.416 e. The fourth-order valence-corrected chi connectivity index (χ4v) is 5.56. The summed E-state index contributed by atoms with van der Waals surface area (Å²) >= 11 is 7.67. The molecule has 6 rings (SSSR count). The number of benzene rings is 3. The molecule has 0 aliphatic carbocycles. The van der Waals surface area contributed by atoms with Crippen LogP contribution >= 0.6 is 22.9 Å². The summed E-state index contributed by atoms with van der Waals surface area (Å²) < 4.78 is 68.2. The number of carbonyl (C=O) groups is 2. The zero-order chi connectivity index (χ0) is 29.1. The summed E-state index contributed by atoms with van der Waals surface area (Å²) in [5.41, 5.74) is -0.725. The molecule has 3 heterocycles. The molecule has 1 unspecified atom stereocenters. The van der Waals surface area contributed by atoms with Gasteiger partial charge in [0.05, 0.1) is 28.4 Å². The zero-order valence-electron chi connectivity index (χ0n) is 20.3. The van der Waals surface area contributed by atoms with Crippen molar-refractivity contribution in [2.75, 3.05) is 5.32 Å². The van der Waals surface area contributed by atoms with E-state index in [0.29, 0.717) is 28.2 Å². The lowest BCUT2D eigenvalue weighted by Crippen LogP contribution is -2.21. The van der Waals surface area contributed by atoms with Crippen LogP contribution in [0, 0.1) is 11.6 Å². The van der Waals surface area contributed by atoms with Gasteiger partial charge in [-0.3, -0.25) is 9.59 Å². The number of amides is 2. The molecule has 0 fully saturated rings. The van der Waals surface area contributed by atoms with Gasteiger partial charge in [0.2, 0.25) is 0 Å². The summed E-state index contributed by atoms with van der Waals surface area (Å²) in [5.74, 6) is -3.53. The van der Waals surface area contributed by atoms with Gasteiger partial charge in [-0.2, -0.15) is 13.2 Å². The van der Waals surface area contributed by atoms with Crippen molar-refractivity contribution in [3.8, 4) is 10.7 Å². The predicted molar refractivity (Wildman–Crippen MR) is 143 cm³/mol. The van der Waals surface area contributed by atoms with E-state index in [0.717, 1.165) is 12.1 Å². The molecule has 2 amide bonds. The van der Waals surface area contributed by atoms with Crippen molar-refractivity contribution in [2.24, 2.45) is 0 Å². The van der Waals surface area contributed by atoms with Gasteiger partial charge in [-0.1, -0.05) is 11.6 Å². The Morgan fingerprint density at radius 2 is 1.83 bits per heavy atom. The van der Waals surface area contributed by atoms with Crippen LogP contribution in [0.25, 0.3) is 21.6 Å². The van der Waals surface area contributed by atoms with Crippen molar-refractivity contribution in [1.82, 2.24) is 15.3 Å². The van der Waals surface area contributed by atoms with Crippen LogP contribution in [0.1, 0.15) is 43.4 Å². The van der Waals surface area contributed by atoms with E-state index in [4.69, 9.17) is 11.6 Å². The highest BCUT2D eigenvalue weighted by molar-refractivity contribution is 7.13. The summed E-state index contributed by atoms with van der Waals surface area (Å²) in [7, 11) is 0. The summed E-state index contributed by atoms with van der Waals surface area (Å²) in [6, 6.07) is 8.76. The SMILES string of the molecule is O=C(Nc1cc2nc(-c3nccs3)ccc2c2c1C(c1cc(F)ccc1Cl)NC2=O)c1cc(F)cc(C(F)(F)F)c1. The number of rotatable bonds is 4. The van der Waals surface area contributed by atoms with Crippen LogP contribution in [0.5, 0.6) is 0 Å². The van der Waals surface area contributed by atoms with Crippen LogP contribution in [0.4, 0.5) is 27.6 Å². The molecule has 41 heavy (non-hydrogen) atoms. The van der Waals surface area contributed by atoms with Gasteiger partial charge in [-0.25, -0.2) is 18.7 Å². The fraction of sp³-hybridized carbons (Fsp3) is 0.0714. The standard InChI is InChI=1S/C28H14ClF5N4O2S/c29-18-3-1-14(30)10-17(18)24-23-21(37-25(39)12-7-13(28(32,33)34)9-15(31)8-12)11-20-16(22(23)26(40)38-24)2-4-19(36-20)27-35-5-6-41-27/h1-11,24H,(H,37,39)(H,38,40). The number of aromatic nitrogens is 2. The van der Waals surface area contributed by atoms with Crippen molar-refractivity contribution in [3.05, 3.63) is 111 Å². The average molecular weight is 601 g/mol. The van der Waals surface area contributed by atoms with E-state index in [9.17, 15) is 31.5 Å². The van der Waals surface area contributed by atoms with E-state index in [2.05, 4.69) is 20.6 Å². The van der Waals surface area contributed by atoms with Gasteiger partial charge in [0.1, 0.15) is 16.6 Å². The molecule has 6 nitrogen and oxygen atoms in total. The van der Waals surface area contributed by atoms with Crippen LogP contribution in [0.2, 0.25) is 5.02 Å². The van der Waals surface area contributed by atoms with Gasteiger partial charge >= 0.3 is 6.18 Å². The molecule has 0 bridgehead atoms. The normalized spacial score (nSPS) is 14.7. The number of carbonyl (C=O) groups excluding carboxylic acids is 2. The monoisotopic (exact) mass is 600 g/mol. The van der Waals surface area contributed by atoms with Crippen molar-refractivity contribution in [2.45, 2.75) is 12.2 Å². The lowest BCUT2D eigenvalue weighted by atomic mass is 9.93. The number of alkyl halides is 3. The first-order valence-corrected chi connectivity index (χ1v) is 13.1. The molecule has 0 saturated carbocycles. The van der Waals surface area contributed by atoms with E-state index in [1.165, 1.54) is 23.5 Å². The number of nitrogens with one attached hydrogen (secondary N) is 2. The number of fused-ring (bicyclic) bond motifs is 3. The Kier molecular flexibility index (Phi) is 6.46. The number of thiazole rings is 1. The van der Waals surface area contributed by atoms with Gasteiger partial charge in [0, 0.05) is 44.4 Å². The Labute approximate surface area is 236 Å². The third kappa shape index (κ3) is 4.89. The third-order valence-electron chi connectivity index (χ3n) is 6.48. The van der Waals surface area contributed by atoms with Gasteiger partial charge < -0.3 is 10.6 Å². The highest BCUT2D eigenvalue weighted by atomic mass is 35.5. The number of nitrogens with zero attached hydrogens (tertiary/aromatic N) is 2. The molecule has 0 radical (unpaired) electrons. The molecule has 2 aromatic heterocycles. The quantitative estimate of drug-likeness (QED) is 0.211. The van der Waals surface area contributed by atoms with Crippen LogP contribution in [0.15, 0.2) is 66.2 Å². The second kappa shape index (κ2) is 9.89. The van der Waals surface area contributed by atoms with Crippen molar-refractivity contribution >= 4 is 51.3 Å². The van der Waals surface area contributed by atoms with E-state index in [1.807, 2.05) is 0 Å². The minimum atomic E-state index is -4.90. The Hall–Kier alpha value is -4.42. The van der Waals surface area contributed by atoms with E-state index in [-0.39, 0.29) is 39.0 Å². The van der Waals surface area contributed by atoms with E-state index in [1.54, 1.807) is 23.7 Å². The number of hydrogen-bond acceptors (Lipinski definition) is 5. The van der Waals surface area contributed by atoms with Gasteiger partial charge in [-0.05, 0) is 54.6 Å². The summed E-state index contributed by atoms with van der Waals surface area (Å²) in [6.07, 6.45) is -3.30. The summed E-state index contributed by atoms with van der Waals surface area (Å²) in [4.78, 5) is 35.3. The molecule has 13 heteroatoms. The molecule has 1 atom stereocenters. The summed E-state index contributed by atoms with van der Waals surface area (Å²) in [6.45, 7) is 0. The first-order valence-electron chi connectivity index (χ1n) is 11.8. The van der Waals surface area contributed by atoms with Gasteiger partial charge in [0.15, 0.2) is 0 Å². The van der Waals surface area contributed by atoms with Gasteiger partial charge in [0.25, 0.3) is 11.8 Å². The highest BCUT2D eigenvalue weighted by Gasteiger charge is 2.37. The molecule has 0 spiro atoms. The summed E-state index contributed by atoms with van der Waals surface area (Å²) in [5, 5.41) is 8.12. The van der Waals surface area contributed by atoms with Crippen LogP contribution in [-0.2, 0) is 6.18 Å². The second-order valence-corrected chi connectivity index (χ2v) is 10.4. The van der Waals surface area contributed by atoms with Crippen LogP contribution < -0.4 is 10.6 Å². The zero-order valence-corrected chi connectivity index (χ0v) is 21.9. The number of pyridine rings is 1. The lowest BCUT2D eigenvalue weighted by molar-refractivity contribution is -0.137. The van der Waals surface area contributed by atoms with E-state index < -0.39 is 46.8 Å². The maximum atomic E-state index is 14.2. The second-order valence-electron chi connectivity index (χ2n) is 9.07. The molecule has 1 aliphatic heterocycles. The first kappa shape index (κ1) is 26.8. The first-order chi connectivity index (χ1) is 19.5. The minimum absolute atomic E-state index is 0.0113. The van der Waals surface area contributed by atoms with Crippen molar-refractivity contribution < 1.29 is 31.5 Å². The predicted octanol–water partition coefficient (Wildman–Crippen LogP) is 7.39. The Morgan fingerprint density at radius 3 is 2.56 bits per heavy atom. The maximum absolute atomic E-state index is 14.2. The van der Waals surface area contributed by atoms with Crippen LogP contribution in [-0.4, -0.2) is 21.8 Å². The Bertz CT molecular complexity index is 1880. The van der Waals surface area contributed by atoms with Crippen LogP contribution in [0.3, 0.4) is 0 Å². The molecule has 206 valence electrons. The van der Waals surface area contributed by atoms with E-state index >= 15 is 0 Å². The van der Waals surface area contributed by atoms with Crippen molar-refractivity contribution in [3.63, 3.8) is 0 Å². The minimum Gasteiger partial charge on any atom is -0.341 e. The molecule has 2 N–H and O–H groups in total. The molecular formula is C28H14ClF5N4O2S. The smallest absolute Gasteiger partial charge is 0.341 e. The fourth-order valence-electron chi connectivity index (χ4n) is 4.73. The van der Waals surface area contributed by atoms with Crippen molar-refractivity contribution in [1.29, 1.82) is 0 Å². The molecule has 3 aromatic carbocycles. The Balaban J connectivity index is 1.54. The topological polar surface area (TPSA) is 84.0 Å². The average Bonchev–Trinajstić information content (AvgIpc) is 3.58.